The Bertz CT molecular complexity index is 345. The quantitative estimate of drug-likeness (QED) is 0.800. The summed E-state index contributed by atoms with van der Waals surface area (Å²) >= 11 is 0. The van der Waals surface area contributed by atoms with Gasteiger partial charge in [0.05, 0.1) is 0 Å². The smallest absolute Gasteiger partial charge is 0.135 e. The summed E-state index contributed by atoms with van der Waals surface area (Å²) in [7, 11) is 0. The van der Waals surface area contributed by atoms with Crippen molar-refractivity contribution in [3.63, 3.8) is 0 Å². The topological polar surface area (TPSA) is 63.8 Å². The normalized spacial score (nSPS) is 11.1. The van der Waals surface area contributed by atoms with E-state index in [1.54, 1.807) is 0 Å². The molecule has 0 bridgehead atoms. The van der Waals surface area contributed by atoms with E-state index in [1.165, 1.54) is 0 Å². The van der Waals surface area contributed by atoms with Gasteiger partial charge in [0.2, 0.25) is 0 Å². The van der Waals surface area contributed by atoms with Gasteiger partial charge < -0.3 is 11.1 Å². The van der Waals surface area contributed by atoms with E-state index in [-0.39, 0.29) is 0 Å². The summed E-state index contributed by atoms with van der Waals surface area (Å²) in [5.74, 6) is 2.50. The number of nitrogens with zero attached hydrogens (tertiary/aromatic N) is 2. The van der Waals surface area contributed by atoms with Gasteiger partial charge in [-0.3, -0.25) is 0 Å². The highest BCUT2D eigenvalue weighted by molar-refractivity contribution is 5.55. The van der Waals surface area contributed by atoms with Crippen molar-refractivity contribution in [2.75, 3.05) is 11.1 Å². The van der Waals surface area contributed by atoms with Gasteiger partial charge in [0.1, 0.15) is 17.5 Å². The number of rotatable bonds is 3. The monoisotopic (exact) mass is 208 g/mol. The van der Waals surface area contributed by atoms with Crippen LogP contribution in [-0.4, -0.2) is 16.0 Å². The minimum Gasteiger partial charge on any atom is -0.383 e. The molecule has 4 heteroatoms. The average Bonchev–Trinajstić information content (AvgIpc) is 2.11. The van der Waals surface area contributed by atoms with Crippen LogP contribution in [0, 0.1) is 6.92 Å². The Balaban J connectivity index is 3.13. The van der Waals surface area contributed by atoms with Gasteiger partial charge >= 0.3 is 0 Å². The van der Waals surface area contributed by atoms with Crippen LogP contribution in [0.5, 0.6) is 0 Å². The largest absolute Gasteiger partial charge is 0.383 e. The van der Waals surface area contributed by atoms with Crippen LogP contribution >= 0.6 is 0 Å². The SMILES string of the molecule is Cc1c(N)nc(C(C)C)nc1NC(C)C. The highest BCUT2D eigenvalue weighted by atomic mass is 15.1. The van der Waals surface area contributed by atoms with Gasteiger partial charge in [0.15, 0.2) is 0 Å². The second-order valence-electron chi connectivity index (χ2n) is 4.39. The third kappa shape index (κ3) is 2.81. The first-order valence-electron chi connectivity index (χ1n) is 5.32. The molecule has 0 fully saturated rings. The van der Waals surface area contributed by atoms with Crippen molar-refractivity contribution in [1.82, 2.24) is 9.97 Å². The lowest BCUT2D eigenvalue weighted by Gasteiger charge is -2.15. The van der Waals surface area contributed by atoms with E-state index in [0.717, 1.165) is 17.2 Å². The molecule has 0 aliphatic rings. The van der Waals surface area contributed by atoms with Crippen molar-refractivity contribution < 1.29 is 0 Å². The number of hydrogen-bond donors (Lipinski definition) is 2. The maximum Gasteiger partial charge on any atom is 0.135 e. The predicted molar refractivity (Wildman–Crippen MR) is 64.0 cm³/mol. The number of nitrogens with one attached hydrogen (secondary N) is 1. The van der Waals surface area contributed by atoms with E-state index in [0.29, 0.717) is 17.8 Å². The molecule has 1 heterocycles. The molecule has 0 aliphatic heterocycles. The number of nitrogens with two attached hydrogens (primary N) is 1. The van der Waals surface area contributed by atoms with E-state index in [2.05, 4.69) is 43.0 Å². The Hall–Kier alpha value is -1.32. The van der Waals surface area contributed by atoms with Crippen molar-refractivity contribution >= 4 is 11.6 Å². The fourth-order valence-corrected chi connectivity index (χ4v) is 1.22. The molecular formula is C11H20N4. The molecular weight excluding hydrogens is 188 g/mol. The molecule has 0 aliphatic carbocycles. The van der Waals surface area contributed by atoms with Gasteiger partial charge in [-0.05, 0) is 20.8 Å². The molecule has 0 amide bonds. The maximum absolute atomic E-state index is 5.84. The van der Waals surface area contributed by atoms with E-state index in [1.807, 2.05) is 6.92 Å². The van der Waals surface area contributed by atoms with Crippen LogP contribution in [-0.2, 0) is 0 Å². The molecule has 1 aromatic heterocycles. The summed E-state index contributed by atoms with van der Waals surface area (Å²) in [6, 6.07) is 0.345. The second kappa shape index (κ2) is 4.47. The zero-order valence-corrected chi connectivity index (χ0v) is 10.1. The molecule has 15 heavy (non-hydrogen) atoms. The first-order chi connectivity index (χ1) is 6.91. The minimum atomic E-state index is 0.292. The van der Waals surface area contributed by atoms with Gasteiger partial charge in [0, 0.05) is 17.5 Å². The Kier molecular flexibility index (Phi) is 3.50. The van der Waals surface area contributed by atoms with E-state index in [9.17, 15) is 0 Å². The summed E-state index contributed by atoms with van der Waals surface area (Å²) in [6.45, 7) is 10.2. The highest BCUT2D eigenvalue weighted by Gasteiger charge is 2.11. The molecule has 0 atom stereocenters. The lowest BCUT2D eigenvalue weighted by molar-refractivity contribution is 0.769. The molecule has 0 unspecified atom stereocenters. The molecule has 0 aromatic carbocycles. The number of anilines is 2. The Morgan fingerprint density at radius 1 is 1.13 bits per heavy atom. The van der Waals surface area contributed by atoms with Gasteiger partial charge in [0.25, 0.3) is 0 Å². The summed E-state index contributed by atoms with van der Waals surface area (Å²) in [5.41, 5.74) is 6.77. The van der Waals surface area contributed by atoms with E-state index in [4.69, 9.17) is 5.73 Å². The summed E-state index contributed by atoms with van der Waals surface area (Å²) in [4.78, 5) is 8.74. The summed E-state index contributed by atoms with van der Waals surface area (Å²) < 4.78 is 0. The molecule has 3 N–H and O–H groups in total. The van der Waals surface area contributed by atoms with Gasteiger partial charge in [-0.1, -0.05) is 13.8 Å². The maximum atomic E-state index is 5.84. The molecule has 84 valence electrons. The number of aromatic nitrogens is 2. The molecule has 0 spiro atoms. The van der Waals surface area contributed by atoms with Gasteiger partial charge in [-0.15, -0.1) is 0 Å². The van der Waals surface area contributed by atoms with Crippen LogP contribution in [0.25, 0.3) is 0 Å². The van der Waals surface area contributed by atoms with Crippen LogP contribution in [0.3, 0.4) is 0 Å². The molecule has 0 radical (unpaired) electrons. The van der Waals surface area contributed by atoms with Crippen molar-refractivity contribution in [3.8, 4) is 0 Å². The third-order valence-corrected chi connectivity index (χ3v) is 2.14. The van der Waals surface area contributed by atoms with Crippen LogP contribution in [0.2, 0.25) is 0 Å². The first kappa shape index (κ1) is 11.8. The molecule has 1 rings (SSSR count). The Labute approximate surface area is 91.3 Å². The van der Waals surface area contributed by atoms with E-state index >= 15 is 0 Å². The molecule has 0 saturated heterocycles. The third-order valence-electron chi connectivity index (χ3n) is 2.14. The lowest BCUT2D eigenvalue weighted by Crippen LogP contribution is -2.15. The predicted octanol–water partition coefficient (Wildman–Crippen LogP) is 2.31. The van der Waals surface area contributed by atoms with Crippen LogP contribution in [0.1, 0.15) is 45.0 Å². The van der Waals surface area contributed by atoms with Crippen LogP contribution in [0.15, 0.2) is 0 Å². The minimum absolute atomic E-state index is 0.292. The highest BCUT2D eigenvalue weighted by Crippen LogP contribution is 2.21. The zero-order valence-electron chi connectivity index (χ0n) is 10.1. The molecule has 0 saturated carbocycles. The fourth-order valence-electron chi connectivity index (χ4n) is 1.22. The lowest BCUT2D eigenvalue weighted by atomic mass is 10.2. The number of nitrogen functional groups attached to an aromatic ring is 1. The van der Waals surface area contributed by atoms with Gasteiger partial charge in [-0.2, -0.15) is 0 Å². The van der Waals surface area contributed by atoms with Crippen molar-refractivity contribution in [3.05, 3.63) is 11.4 Å². The Morgan fingerprint density at radius 3 is 2.20 bits per heavy atom. The van der Waals surface area contributed by atoms with Crippen molar-refractivity contribution in [1.29, 1.82) is 0 Å². The first-order valence-corrected chi connectivity index (χ1v) is 5.32. The second-order valence-corrected chi connectivity index (χ2v) is 4.39. The molecule has 1 aromatic rings. The van der Waals surface area contributed by atoms with E-state index < -0.39 is 0 Å². The summed E-state index contributed by atoms with van der Waals surface area (Å²) in [6.07, 6.45) is 0. The standard InChI is InChI=1S/C11H20N4/c1-6(2)10-14-9(12)8(5)11(15-10)13-7(3)4/h6-7H,1-5H3,(H3,12,13,14,15). The average molecular weight is 208 g/mol. The van der Waals surface area contributed by atoms with Crippen LogP contribution < -0.4 is 11.1 Å². The number of hydrogen-bond acceptors (Lipinski definition) is 4. The summed E-state index contributed by atoms with van der Waals surface area (Å²) in [5, 5.41) is 3.28. The van der Waals surface area contributed by atoms with Crippen LogP contribution in [0.4, 0.5) is 11.6 Å². The van der Waals surface area contributed by atoms with Gasteiger partial charge in [-0.25, -0.2) is 9.97 Å². The molecule has 4 nitrogen and oxygen atoms in total. The zero-order chi connectivity index (χ0) is 11.6. The Morgan fingerprint density at radius 2 is 1.73 bits per heavy atom. The van der Waals surface area contributed by atoms with Crippen molar-refractivity contribution in [2.24, 2.45) is 0 Å². The fraction of sp³-hybridized carbons (Fsp3) is 0.636. The van der Waals surface area contributed by atoms with Crippen molar-refractivity contribution in [2.45, 2.75) is 46.6 Å².